The molecule has 0 saturated carbocycles. The summed E-state index contributed by atoms with van der Waals surface area (Å²) >= 11 is 3.12. The van der Waals surface area contributed by atoms with Gasteiger partial charge in [-0.25, -0.2) is 0 Å². The summed E-state index contributed by atoms with van der Waals surface area (Å²) in [6.45, 7) is 3.52. The van der Waals surface area contributed by atoms with Gasteiger partial charge in [-0.1, -0.05) is 0 Å². The van der Waals surface area contributed by atoms with Crippen LogP contribution >= 0.6 is 15.9 Å². The summed E-state index contributed by atoms with van der Waals surface area (Å²) in [4.78, 5) is 22.3. The number of halogens is 1. The molecular weight excluding hydrogens is 344 g/mol. The molecule has 8 nitrogen and oxygen atoms in total. The second-order valence-corrected chi connectivity index (χ2v) is 5.19. The Morgan fingerprint density at radius 3 is 2.90 bits per heavy atom. The Balaban J connectivity index is 2.12. The SMILES string of the molecule is Cc1c(Br)c([N+](=O)[O-])nn1[C@H](C)C(=O)NCc1ccco1. The maximum Gasteiger partial charge on any atom is 0.404 e. The van der Waals surface area contributed by atoms with E-state index in [1.807, 2.05) is 0 Å². The number of nitrogens with zero attached hydrogens (tertiary/aromatic N) is 3. The minimum Gasteiger partial charge on any atom is -0.467 e. The normalized spacial score (nSPS) is 12.1. The van der Waals surface area contributed by atoms with Gasteiger partial charge in [-0.2, -0.15) is 4.68 Å². The number of aromatic nitrogens is 2. The summed E-state index contributed by atoms with van der Waals surface area (Å²) in [5, 5.41) is 17.4. The molecule has 2 heterocycles. The van der Waals surface area contributed by atoms with Crippen molar-refractivity contribution in [2.24, 2.45) is 0 Å². The van der Waals surface area contributed by atoms with E-state index in [4.69, 9.17) is 4.42 Å². The molecule has 0 radical (unpaired) electrons. The molecule has 1 atom stereocenters. The minimum absolute atomic E-state index is 0.250. The lowest BCUT2D eigenvalue weighted by Gasteiger charge is -2.10. The van der Waals surface area contributed by atoms with E-state index in [9.17, 15) is 14.9 Å². The van der Waals surface area contributed by atoms with Gasteiger partial charge in [0.05, 0.1) is 23.6 Å². The minimum atomic E-state index is -0.676. The zero-order chi connectivity index (χ0) is 15.6. The van der Waals surface area contributed by atoms with Gasteiger partial charge in [0.2, 0.25) is 5.91 Å². The fourth-order valence-electron chi connectivity index (χ4n) is 1.82. The van der Waals surface area contributed by atoms with Crippen molar-refractivity contribution in [3.63, 3.8) is 0 Å². The molecule has 0 saturated heterocycles. The Morgan fingerprint density at radius 1 is 1.67 bits per heavy atom. The maximum absolute atomic E-state index is 12.1. The van der Waals surface area contributed by atoms with Crippen LogP contribution in [0.15, 0.2) is 27.3 Å². The first-order chi connectivity index (χ1) is 9.91. The first-order valence-electron chi connectivity index (χ1n) is 6.11. The lowest BCUT2D eigenvalue weighted by molar-refractivity contribution is -0.390. The summed E-state index contributed by atoms with van der Waals surface area (Å²) in [6, 6.07) is 2.79. The molecule has 2 aromatic rings. The topological polar surface area (TPSA) is 103 Å². The molecule has 0 aliphatic heterocycles. The van der Waals surface area contributed by atoms with Crippen molar-refractivity contribution in [3.8, 4) is 0 Å². The van der Waals surface area contributed by atoms with Crippen molar-refractivity contribution in [1.29, 1.82) is 0 Å². The quantitative estimate of drug-likeness (QED) is 0.653. The van der Waals surface area contributed by atoms with E-state index >= 15 is 0 Å². The molecule has 2 aromatic heterocycles. The smallest absolute Gasteiger partial charge is 0.404 e. The van der Waals surface area contributed by atoms with Crippen molar-refractivity contribution in [2.45, 2.75) is 26.4 Å². The van der Waals surface area contributed by atoms with Crippen LogP contribution in [0.1, 0.15) is 24.4 Å². The van der Waals surface area contributed by atoms with E-state index in [1.165, 1.54) is 10.9 Å². The van der Waals surface area contributed by atoms with Crippen LogP contribution < -0.4 is 5.32 Å². The molecule has 0 aliphatic rings. The molecular formula is C12H13BrN4O4. The Morgan fingerprint density at radius 2 is 2.38 bits per heavy atom. The summed E-state index contributed by atoms with van der Waals surface area (Å²) in [7, 11) is 0. The van der Waals surface area contributed by atoms with Crippen LogP contribution in [0.2, 0.25) is 0 Å². The summed E-state index contributed by atoms with van der Waals surface area (Å²) in [5.74, 6) is 0.0116. The van der Waals surface area contributed by atoms with Gasteiger partial charge in [-0.15, -0.1) is 0 Å². The number of furan rings is 1. The molecule has 0 fully saturated rings. The third kappa shape index (κ3) is 3.13. The average molecular weight is 357 g/mol. The molecule has 112 valence electrons. The average Bonchev–Trinajstić information content (AvgIpc) is 3.05. The first kappa shape index (κ1) is 15.2. The fourth-order valence-corrected chi connectivity index (χ4v) is 2.23. The van der Waals surface area contributed by atoms with Crippen LogP contribution in [-0.4, -0.2) is 20.6 Å². The predicted molar refractivity (Wildman–Crippen MR) is 76.6 cm³/mol. The number of nitrogens with one attached hydrogen (secondary N) is 1. The molecule has 9 heteroatoms. The van der Waals surface area contributed by atoms with Crippen molar-refractivity contribution < 1.29 is 14.1 Å². The zero-order valence-corrected chi connectivity index (χ0v) is 13.0. The summed E-state index contributed by atoms with van der Waals surface area (Å²) in [6.07, 6.45) is 1.52. The number of amides is 1. The highest BCUT2D eigenvalue weighted by Gasteiger charge is 2.29. The number of rotatable bonds is 5. The standard InChI is InChI=1S/C12H13BrN4O4/c1-7-10(13)11(17(19)20)15-16(7)8(2)12(18)14-6-9-4-3-5-21-9/h3-5,8H,6H2,1-2H3,(H,14,18)/t8-/m1/s1. The van der Waals surface area contributed by atoms with Gasteiger partial charge in [0.25, 0.3) is 0 Å². The van der Waals surface area contributed by atoms with E-state index in [1.54, 1.807) is 26.0 Å². The fraction of sp³-hybridized carbons (Fsp3) is 0.333. The largest absolute Gasteiger partial charge is 0.467 e. The van der Waals surface area contributed by atoms with Crippen LogP contribution in [0.5, 0.6) is 0 Å². The second kappa shape index (κ2) is 6.08. The molecule has 0 spiro atoms. The van der Waals surface area contributed by atoms with Crippen LogP contribution in [0.4, 0.5) is 5.82 Å². The third-order valence-corrected chi connectivity index (χ3v) is 3.92. The summed E-state index contributed by atoms with van der Waals surface area (Å²) < 4.78 is 6.71. The molecule has 0 unspecified atom stereocenters. The van der Waals surface area contributed by atoms with E-state index in [2.05, 4.69) is 26.3 Å². The van der Waals surface area contributed by atoms with Gasteiger partial charge < -0.3 is 19.8 Å². The van der Waals surface area contributed by atoms with Gasteiger partial charge in [-0.3, -0.25) is 4.79 Å². The molecule has 0 aliphatic carbocycles. The molecule has 2 rings (SSSR count). The maximum atomic E-state index is 12.1. The Kier molecular flexibility index (Phi) is 4.41. The molecule has 21 heavy (non-hydrogen) atoms. The Hall–Kier alpha value is -2.16. The van der Waals surface area contributed by atoms with Crippen LogP contribution in [0, 0.1) is 17.0 Å². The van der Waals surface area contributed by atoms with Gasteiger partial charge in [-0.05, 0) is 46.8 Å². The molecule has 0 aromatic carbocycles. The van der Waals surface area contributed by atoms with Crippen LogP contribution in [-0.2, 0) is 11.3 Å². The van der Waals surface area contributed by atoms with Crippen LogP contribution in [0.3, 0.4) is 0 Å². The van der Waals surface area contributed by atoms with Gasteiger partial charge in [0, 0.05) is 0 Å². The zero-order valence-electron chi connectivity index (χ0n) is 11.4. The number of carbonyl (C=O) groups excluding carboxylic acids is 1. The molecule has 0 bridgehead atoms. The molecule has 1 N–H and O–H groups in total. The number of carbonyl (C=O) groups is 1. The van der Waals surface area contributed by atoms with Crippen molar-refractivity contribution in [1.82, 2.24) is 15.1 Å². The lowest BCUT2D eigenvalue weighted by Crippen LogP contribution is -2.31. The first-order valence-corrected chi connectivity index (χ1v) is 6.90. The monoisotopic (exact) mass is 356 g/mol. The highest BCUT2D eigenvalue weighted by molar-refractivity contribution is 9.10. The number of hydrogen-bond acceptors (Lipinski definition) is 5. The predicted octanol–water partition coefficient (Wildman–Crippen LogP) is 2.33. The second-order valence-electron chi connectivity index (χ2n) is 4.40. The van der Waals surface area contributed by atoms with Gasteiger partial charge >= 0.3 is 5.82 Å². The number of hydrogen-bond donors (Lipinski definition) is 1. The Labute approximate surface area is 128 Å². The molecule has 1 amide bonds. The van der Waals surface area contributed by atoms with Crippen molar-refractivity contribution in [3.05, 3.63) is 44.4 Å². The highest BCUT2D eigenvalue weighted by Crippen LogP contribution is 2.28. The third-order valence-electron chi connectivity index (χ3n) is 3.00. The van der Waals surface area contributed by atoms with Gasteiger partial charge in [0.15, 0.2) is 0 Å². The van der Waals surface area contributed by atoms with E-state index in [-0.39, 0.29) is 22.7 Å². The highest BCUT2D eigenvalue weighted by atomic mass is 79.9. The van der Waals surface area contributed by atoms with E-state index in [0.29, 0.717) is 11.5 Å². The van der Waals surface area contributed by atoms with Crippen molar-refractivity contribution >= 4 is 27.7 Å². The van der Waals surface area contributed by atoms with E-state index in [0.717, 1.165) is 0 Å². The number of nitro groups is 1. The van der Waals surface area contributed by atoms with Gasteiger partial charge in [0.1, 0.15) is 16.3 Å². The lowest BCUT2D eigenvalue weighted by atomic mass is 10.3. The van der Waals surface area contributed by atoms with E-state index < -0.39 is 11.0 Å². The van der Waals surface area contributed by atoms with Crippen molar-refractivity contribution in [2.75, 3.05) is 0 Å². The van der Waals surface area contributed by atoms with Crippen LogP contribution in [0.25, 0.3) is 0 Å². The Bertz CT molecular complexity index is 665. The summed E-state index contributed by atoms with van der Waals surface area (Å²) in [5.41, 5.74) is 0.516.